The Kier molecular flexibility index (Phi) is 1.59. The molecule has 13 heavy (non-hydrogen) atoms. The summed E-state index contributed by atoms with van der Waals surface area (Å²) in [5.41, 5.74) is 1.99. The zero-order valence-corrected chi connectivity index (χ0v) is 8.97. The Balaban J connectivity index is 2.06. The number of hydrogen-bond acceptors (Lipinski definition) is 1. The van der Waals surface area contributed by atoms with Crippen molar-refractivity contribution in [2.45, 2.75) is 11.8 Å². The molecule has 2 fully saturated rings. The van der Waals surface area contributed by atoms with Gasteiger partial charge in [0.25, 0.3) is 0 Å². The minimum absolute atomic E-state index is 0.486. The summed E-state index contributed by atoms with van der Waals surface area (Å²) in [5.74, 6) is 0.895. The van der Waals surface area contributed by atoms with E-state index >= 15 is 0 Å². The van der Waals surface area contributed by atoms with Crippen molar-refractivity contribution >= 4 is 15.9 Å². The first kappa shape index (κ1) is 8.01. The second kappa shape index (κ2) is 2.58. The summed E-state index contributed by atoms with van der Waals surface area (Å²) in [6.07, 6.45) is 1.38. The normalized spacial score (nSPS) is 35.9. The van der Waals surface area contributed by atoms with Gasteiger partial charge in [-0.1, -0.05) is 34.1 Å². The van der Waals surface area contributed by atoms with E-state index in [0.29, 0.717) is 5.41 Å². The van der Waals surface area contributed by atoms with Crippen molar-refractivity contribution in [2.24, 2.45) is 5.92 Å². The molecule has 0 aromatic heterocycles. The SMILES string of the molecule is Brc1ccccc1[C@@]12CNC[C@@H]1C2. The lowest BCUT2D eigenvalue weighted by molar-refractivity contribution is 0.673. The topological polar surface area (TPSA) is 12.0 Å². The predicted octanol–water partition coefficient (Wildman–Crippen LogP) is 2.31. The summed E-state index contributed by atoms with van der Waals surface area (Å²) < 4.78 is 1.28. The molecule has 0 unspecified atom stereocenters. The fourth-order valence-corrected chi connectivity index (χ4v) is 3.30. The van der Waals surface area contributed by atoms with Crippen molar-refractivity contribution in [3.63, 3.8) is 0 Å². The van der Waals surface area contributed by atoms with E-state index in [2.05, 4.69) is 45.5 Å². The van der Waals surface area contributed by atoms with Crippen LogP contribution in [0.15, 0.2) is 28.7 Å². The molecule has 2 atom stereocenters. The number of piperidine rings is 1. The predicted molar refractivity (Wildman–Crippen MR) is 56.8 cm³/mol. The number of hydrogen-bond donors (Lipinski definition) is 1. The number of nitrogens with one attached hydrogen (secondary N) is 1. The molecule has 1 saturated heterocycles. The molecule has 68 valence electrons. The highest BCUT2D eigenvalue weighted by Gasteiger charge is 2.58. The molecule has 0 amide bonds. The van der Waals surface area contributed by atoms with Gasteiger partial charge in [0.1, 0.15) is 0 Å². The Morgan fingerprint density at radius 1 is 1.38 bits per heavy atom. The molecule has 2 aliphatic rings. The lowest BCUT2D eigenvalue weighted by Gasteiger charge is -2.13. The quantitative estimate of drug-likeness (QED) is 0.791. The Morgan fingerprint density at radius 2 is 2.23 bits per heavy atom. The summed E-state index contributed by atoms with van der Waals surface area (Å²) in [5, 5.41) is 3.47. The van der Waals surface area contributed by atoms with Crippen molar-refractivity contribution in [1.82, 2.24) is 5.32 Å². The van der Waals surface area contributed by atoms with Gasteiger partial charge in [-0.15, -0.1) is 0 Å². The first-order chi connectivity index (χ1) is 6.33. The Bertz CT molecular complexity index is 350. The van der Waals surface area contributed by atoms with Gasteiger partial charge in [-0.2, -0.15) is 0 Å². The van der Waals surface area contributed by atoms with Gasteiger partial charge in [-0.25, -0.2) is 0 Å². The molecule has 1 nitrogen and oxygen atoms in total. The summed E-state index contributed by atoms with van der Waals surface area (Å²) in [4.78, 5) is 0. The fourth-order valence-electron chi connectivity index (χ4n) is 2.62. The maximum absolute atomic E-state index is 3.64. The maximum Gasteiger partial charge on any atom is 0.0213 e. The Morgan fingerprint density at radius 3 is 2.85 bits per heavy atom. The molecule has 1 saturated carbocycles. The molecule has 0 bridgehead atoms. The van der Waals surface area contributed by atoms with Crippen LogP contribution in [0.2, 0.25) is 0 Å². The van der Waals surface area contributed by atoms with Crippen molar-refractivity contribution in [3.8, 4) is 0 Å². The van der Waals surface area contributed by atoms with Gasteiger partial charge in [-0.3, -0.25) is 0 Å². The van der Waals surface area contributed by atoms with Gasteiger partial charge in [0.15, 0.2) is 0 Å². The van der Waals surface area contributed by atoms with Crippen molar-refractivity contribution < 1.29 is 0 Å². The van der Waals surface area contributed by atoms with Crippen LogP contribution >= 0.6 is 15.9 Å². The van der Waals surface area contributed by atoms with Crippen molar-refractivity contribution in [1.29, 1.82) is 0 Å². The first-order valence-electron chi connectivity index (χ1n) is 4.79. The lowest BCUT2D eigenvalue weighted by atomic mass is 9.95. The van der Waals surface area contributed by atoms with Crippen LogP contribution in [0.4, 0.5) is 0 Å². The Labute approximate surface area is 86.7 Å². The molecule has 0 spiro atoms. The van der Waals surface area contributed by atoms with E-state index in [0.717, 1.165) is 5.92 Å². The van der Waals surface area contributed by atoms with Gasteiger partial charge in [-0.05, 0) is 30.5 Å². The fraction of sp³-hybridized carbons (Fsp3) is 0.455. The average Bonchev–Trinajstić information content (AvgIpc) is 2.70. The van der Waals surface area contributed by atoms with E-state index in [9.17, 15) is 0 Å². The van der Waals surface area contributed by atoms with E-state index in [-0.39, 0.29) is 0 Å². The van der Waals surface area contributed by atoms with Crippen LogP contribution in [0.1, 0.15) is 12.0 Å². The van der Waals surface area contributed by atoms with Gasteiger partial charge < -0.3 is 5.32 Å². The monoisotopic (exact) mass is 237 g/mol. The number of halogens is 1. The zero-order chi connectivity index (χ0) is 8.89. The van der Waals surface area contributed by atoms with Crippen LogP contribution in [0, 0.1) is 5.92 Å². The summed E-state index contributed by atoms with van der Waals surface area (Å²) in [6, 6.07) is 8.64. The molecular weight excluding hydrogens is 226 g/mol. The highest BCUT2D eigenvalue weighted by atomic mass is 79.9. The van der Waals surface area contributed by atoms with Crippen LogP contribution in [-0.4, -0.2) is 13.1 Å². The van der Waals surface area contributed by atoms with Crippen LogP contribution in [0.25, 0.3) is 0 Å². The number of rotatable bonds is 1. The van der Waals surface area contributed by atoms with Crippen LogP contribution in [0.3, 0.4) is 0 Å². The van der Waals surface area contributed by atoms with Gasteiger partial charge >= 0.3 is 0 Å². The van der Waals surface area contributed by atoms with Crippen molar-refractivity contribution in [2.75, 3.05) is 13.1 Å². The average molecular weight is 238 g/mol. The largest absolute Gasteiger partial charge is 0.316 e. The molecule has 0 radical (unpaired) electrons. The van der Waals surface area contributed by atoms with Gasteiger partial charge in [0.2, 0.25) is 0 Å². The van der Waals surface area contributed by atoms with Crippen LogP contribution in [0.5, 0.6) is 0 Å². The summed E-state index contributed by atoms with van der Waals surface area (Å²) in [7, 11) is 0. The standard InChI is InChI=1S/C11H12BrN/c12-10-4-2-1-3-9(10)11-5-8(11)6-13-7-11/h1-4,8,13H,5-7H2/t8-,11-/m0/s1. The Hall–Kier alpha value is -0.340. The highest BCUT2D eigenvalue weighted by molar-refractivity contribution is 9.10. The van der Waals surface area contributed by atoms with Crippen LogP contribution in [-0.2, 0) is 5.41 Å². The molecule has 1 aliphatic carbocycles. The third-order valence-electron chi connectivity index (χ3n) is 3.47. The molecule has 3 rings (SSSR count). The molecule has 1 heterocycles. The zero-order valence-electron chi connectivity index (χ0n) is 7.39. The highest BCUT2D eigenvalue weighted by Crippen LogP contribution is 2.57. The molecule has 1 aromatic rings. The van der Waals surface area contributed by atoms with E-state index in [1.807, 2.05) is 0 Å². The maximum atomic E-state index is 3.64. The molecule has 1 N–H and O–H groups in total. The van der Waals surface area contributed by atoms with E-state index in [1.54, 1.807) is 0 Å². The smallest absolute Gasteiger partial charge is 0.0213 e. The second-order valence-electron chi connectivity index (χ2n) is 4.17. The van der Waals surface area contributed by atoms with Crippen LogP contribution < -0.4 is 5.32 Å². The minimum Gasteiger partial charge on any atom is -0.316 e. The molecule has 1 aliphatic heterocycles. The van der Waals surface area contributed by atoms with Crippen molar-refractivity contribution in [3.05, 3.63) is 34.3 Å². The second-order valence-corrected chi connectivity index (χ2v) is 5.02. The van der Waals surface area contributed by atoms with E-state index in [1.165, 1.54) is 29.5 Å². The van der Waals surface area contributed by atoms with E-state index < -0.39 is 0 Å². The number of benzene rings is 1. The summed E-state index contributed by atoms with van der Waals surface area (Å²) in [6.45, 7) is 2.38. The summed E-state index contributed by atoms with van der Waals surface area (Å²) >= 11 is 3.64. The third-order valence-corrected chi connectivity index (χ3v) is 4.16. The van der Waals surface area contributed by atoms with Gasteiger partial charge in [0, 0.05) is 16.4 Å². The number of fused-ring (bicyclic) bond motifs is 1. The van der Waals surface area contributed by atoms with Gasteiger partial charge in [0.05, 0.1) is 0 Å². The molecular formula is C11H12BrN. The van der Waals surface area contributed by atoms with E-state index in [4.69, 9.17) is 0 Å². The minimum atomic E-state index is 0.486. The third kappa shape index (κ3) is 1.02. The molecule has 2 heteroatoms. The first-order valence-corrected chi connectivity index (χ1v) is 5.58. The lowest BCUT2D eigenvalue weighted by Crippen LogP contribution is -2.19. The molecule has 1 aromatic carbocycles.